The number of benzene rings is 5. The number of terminal acetylenes is 1. The number of rotatable bonds is 18. The molecule has 1 amide bonds. The molecule has 3 unspecified atom stereocenters. The fourth-order valence-electron chi connectivity index (χ4n) is 11.4. The van der Waals surface area contributed by atoms with Gasteiger partial charge in [-0.15, -0.1) is 11.5 Å². The molecular weight excluding hydrogens is 1140 g/mol. The van der Waals surface area contributed by atoms with Gasteiger partial charge in [-0.1, -0.05) is 35.4 Å². The number of carbonyl (C=O) groups is 2. The van der Waals surface area contributed by atoms with Crippen molar-refractivity contribution in [3.8, 4) is 52.6 Å². The number of aryl methyl sites for hydroxylation is 2. The van der Waals surface area contributed by atoms with E-state index in [9.17, 15) is 24.2 Å². The average Bonchev–Trinajstić information content (AvgIpc) is 1.56. The minimum Gasteiger partial charge on any atom is -0.508 e. The number of phenols is 1. The third kappa shape index (κ3) is 14.0. The highest BCUT2D eigenvalue weighted by Crippen LogP contribution is 2.42. The highest BCUT2D eigenvalue weighted by atomic mass is 32.2. The number of likely N-dealkylation sites (N-methyl/N-ethyl adjacent to an activating group) is 1. The van der Waals surface area contributed by atoms with E-state index >= 15 is 4.39 Å². The Hall–Kier alpha value is -8.53. The van der Waals surface area contributed by atoms with E-state index < -0.39 is 23.5 Å². The molecule has 3 aromatic heterocycles. The zero-order valence-electron chi connectivity index (χ0n) is 49.4. The molecule has 20 nitrogen and oxygen atoms in total. The molecule has 0 bridgehead atoms. The summed E-state index contributed by atoms with van der Waals surface area (Å²) in [5, 5.41) is 32.7. The first-order valence-corrected chi connectivity index (χ1v) is 29.6. The number of amides is 1. The van der Waals surface area contributed by atoms with Crippen LogP contribution < -0.4 is 30.0 Å². The summed E-state index contributed by atoms with van der Waals surface area (Å²) >= 11 is 1.64. The number of aromatic hydroxyl groups is 1. The monoisotopic (exact) mass is 1210 g/mol. The van der Waals surface area contributed by atoms with Crippen LogP contribution in [0.2, 0.25) is 0 Å². The standard InChI is InChI=1S/C38H48N6O7S.C26H21F2N5O2/c1-24-8-9-26(30(21-36(45)46)27-18-31-37(34(19-27)48-5)43(4)41-40-31)17-28(24)23-44-22-25(2)51-33-20-29(10-11-35(33)52-44)50-16-15-49-14-12-39-38(47)32-7-6-13-42(32)3;1-3-17-20(27)8-7-14-10-16(34)11-18(21(14)17)23-22(28)24-19(12-30-23)25(32-26(31-24)35-2)33-9-5-4-6-15(29)13-33/h8-11,17-20,25,30,32H,6-7,12-16,21-23H2,1-5H3,(H,39,47)(H,45,46);1,7-12,15H,4-6,13,29H2,2H3/p+1/t;15-/m.1/s1. The smallest absolute Gasteiger partial charge is 0.434 e. The number of aromatic nitrogens is 6. The van der Waals surface area contributed by atoms with Crippen LogP contribution >= 0.6 is 11.9 Å². The fraction of sp³-hybridized carbons (Fsp3) is 0.375. The number of nitrogens with zero attached hydrogens (tertiary/aromatic N) is 9. The van der Waals surface area contributed by atoms with Gasteiger partial charge in [-0.2, -0.15) is 4.98 Å². The second kappa shape index (κ2) is 27.4. The normalized spacial score (nSPS) is 17.5. The fourth-order valence-corrected chi connectivity index (χ4v) is 12.5. The maximum absolute atomic E-state index is 16.1. The van der Waals surface area contributed by atoms with Crippen LogP contribution in [0, 0.1) is 30.9 Å². The Labute approximate surface area is 506 Å². The third-order valence-electron chi connectivity index (χ3n) is 15.7. The van der Waals surface area contributed by atoms with Gasteiger partial charge in [0.1, 0.15) is 75.7 Å². The number of likely N-dealkylation sites (tertiary alicyclic amines) is 1. The lowest BCUT2D eigenvalue weighted by Gasteiger charge is -2.23. The molecule has 6 heterocycles. The molecule has 87 heavy (non-hydrogen) atoms. The molecule has 0 saturated carbocycles. The summed E-state index contributed by atoms with van der Waals surface area (Å²) in [5.74, 6) is 2.04. The van der Waals surface area contributed by atoms with E-state index in [1.54, 1.807) is 30.8 Å². The van der Waals surface area contributed by atoms with Crippen LogP contribution in [0.4, 0.5) is 14.6 Å². The van der Waals surface area contributed by atoms with Gasteiger partial charge in [0, 0.05) is 73.3 Å². The molecule has 11 rings (SSSR count). The van der Waals surface area contributed by atoms with Gasteiger partial charge in [-0.05, 0) is 135 Å². The molecule has 1 saturated heterocycles. The summed E-state index contributed by atoms with van der Waals surface area (Å²) in [5.41, 5.74) is 11.5. The van der Waals surface area contributed by atoms with E-state index in [4.69, 9.17) is 35.8 Å². The Bertz CT molecular complexity index is 3950. The maximum atomic E-state index is 16.1. The first-order valence-electron chi connectivity index (χ1n) is 28.8. The molecule has 1 fully saturated rings. The first kappa shape index (κ1) is 61.6. The topological polar surface area (TPSA) is 238 Å². The van der Waals surface area contributed by atoms with Gasteiger partial charge in [0.05, 0.1) is 56.6 Å². The van der Waals surface area contributed by atoms with E-state index in [1.165, 1.54) is 37.6 Å². The molecule has 4 atom stereocenters. The number of pyridine rings is 1. The summed E-state index contributed by atoms with van der Waals surface area (Å²) in [7, 11) is 6.78. The SMILES string of the molecule is C#Cc1c(F)ccc2cc(O)cc(-c3ncc4c([N+]5=CCCC[C@@H](N)C5)nc(OC)nc4c3F)c12.COc1cc(C(CC(=O)O)c2ccc(C)c(CN3CC(C)Oc4cc(OCCOCCNC(=O)C5CCCN5C)ccc4S3)c2)cc2nnn(C)c12. The molecule has 23 heteroatoms. The molecule has 0 aliphatic carbocycles. The minimum absolute atomic E-state index is 0.0223. The lowest BCUT2D eigenvalue weighted by Crippen LogP contribution is -2.42. The van der Waals surface area contributed by atoms with Crippen LogP contribution in [0.25, 0.3) is 44.0 Å². The highest BCUT2D eigenvalue weighted by Gasteiger charge is 2.31. The van der Waals surface area contributed by atoms with E-state index in [-0.39, 0.29) is 70.0 Å². The van der Waals surface area contributed by atoms with Crippen LogP contribution in [-0.2, 0) is 27.9 Å². The number of nitrogens with one attached hydrogen (secondary N) is 1. The van der Waals surface area contributed by atoms with Gasteiger partial charge in [-0.25, -0.2) is 22.3 Å². The predicted octanol–water partition coefficient (Wildman–Crippen LogP) is 8.83. The van der Waals surface area contributed by atoms with Crippen LogP contribution in [0.1, 0.15) is 79.2 Å². The average molecular weight is 1210 g/mol. The summed E-state index contributed by atoms with van der Waals surface area (Å²) in [4.78, 5) is 40.6. The summed E-state index contributed by atoms with van der Waals surface area (Å²) < 4.78 is 65.3. The number of phenolic OH excluding ortho intramolecular Hbond substituents is 1. The summed E-state index contributed by atoms with van der Waals surface area (Å²) in [6.07, 6.45) is 13.4. The van der Waals surface area contributed by atoms with E-state index in [1.807, 2.05) is 54.2 Å². The van der Waals surface area contributed by atoms with Crippen molar-refractivity contribution in [3.05, 3.63) is 118 Å². The van der Waals surface area contributed by atoms with Crippen LogP contribution in [0.15, 0.2) is 83.9 Å². The van der Waals surface area contributed by atoms with Crippen molar-refractivity contribution in [2.45, 2.75) is 87.9 Å². The maximum Gasteiger partial charge on any atom is 0.434 e. The van der Waals surface area contributed by atoms with Crippen LogP contribution in [0.3, 0.4) is 0 Å². The van der Waals surface area contributed by atoms with Crippen molar-refractivity contribution < 1.29 is 56.8 Å². The van der Waals surface area contributed by atoms with Gasteiger partial charge in [0.2, 0.25) is 5.91 Å². The van der Waals surface area contributed by atoms with Crippen molar-refractivity contribution in [2.24, 2.45) is 12.8 Å². The Balaban J connectivity index is 0.000000208. The Morgan fingerprint density at radius 2 is 1.84 bits per heavy atom. The summed E-state index contributed by atoms with van der Waals surface area (Å²) in [6, 6.07) is 21.1. The van der Waals surface area contributed by atoms with Gasteiger partial charge < -0.3 is 44.9 Å². The molecule has 8 aromatic rings. The van der Waals surface area contributed by atoms with Crippen LogP contribution in [-0.4, -0.2) is 157 Å². The molecule has 0 spiro atoms. The number of fused-ring (bicyclic) bond motifs is 4. The molecule has 3 aliphatic heterocycles. The number of ether oxygens (including phenoxy) is 5. The van der Waals surface area contributed by atoms with Crippen molar-refractivity contribution in [2.75, 3.05) is 67.3 Å². The van der Waals surface area contributed by atoms with Crippen molar-refractivity contribution in [1.29, 1.82) is 0 Å². The lowest BCUT2D eigenvalue weighted by molar-refractivity contribution is -0.441. The Morgan fingerprint density at radius 1 is 1.00 bits per heavy atom. The van der Waals surface area contributed by atoms with Crippen molar-refractivity contribution in [1.82, 2.24) is 44.5 Å². The number of carbonyl (C=O) groups excluding carboxylic acids is 1. The number of methoxy groups -OCH3 is 2. The molecule has 5 N–H and O–H groups in total. The molecule has 454 valence electrons. The Kier molecular flexibility index (Phi) is 19.4. The molecule has 0 radical (unpaired) electrons. The number of nitrogens with two attached hydrogens (primary N) is 1. The van der Waals surface area contributed by atoms with Gasteiger partial charge in [-0.3, -0.25) is 19.5 Å². The Morgan fingerprint density at radius 3 is 2.61 bits per heavy atom. The van der Waals surface area contributed by atoms with E-state index in [2.05, 4.69) is 71.7 Å². The predicted molar refractivity (Wildman–Crippen MR) is 327 cm³/mol. The first-order chi connectivity index (χ1) is 42.0. The highest BCUT2D eigenvalue weighted by molar-refractivity contribution is 7.97. The van der Waals surface area contributed by atoms with Gasteiger partial charge >= 0.3 is 17.8 Å². The quantitative estimate of drug-likeness (QED) is 0.0272. The number of halogens is 2. The van der Waals surface area contributed by atoms with Crippen molar-refractivity contribution in [3.63, 3.8) is 0 Å². The number of hydrogen-bond donors (Lipinski definition) is 4. The summed E-state index contributed by atoms with van der Waals surface area (Å²) in [6.45, 7) is 8.60. The minimum atomic E-state index is -0.889. The second-order valence-electron chi connectivity index (χ2n) is 21.9. The molecule has 5 aromatic carbocycles. The number of hydrogen-bond acceptors (Lipinski definition) is 17. The van der Waals surface area contributed by atoms with Gasteiger partial charge in [0.15, 0.2) is 5.82 Å². The number of aliphatic carboxylic acids is 1. The zero-order chi connectivity index (χ0) is 61.5. The zero-order valence-corrected chi connectivity index (χ0v) is 50.2. The largest absolute Gasteiger partial charge is 0.508 e. The lowest BCUT2D eigenvalue weighted by atomic mass is 9.86. The van der Waals surface area contributed by atoms with Crippen molar-refractivity contribution >= 4 is 68.6 Å². The van der Waals surface area contributed by atoms with E-state index in [0.29, 0.717) is 79.6 Å². The number of carboxylic acids is 1. The second-order valence-corrected chi connectivity index (χ2v) is 23.0. The van der Waals surface area contributed by atoms with E-state index in [0.717, 1.165) is 77.1 Å². The molecule has 3 aliphatic rings. The molecular formula is C64H70F2N11O9S+. The van der Waals surface area contributed by atoms with Crippen LogP contribution in [0.5, 0.6) is 29.0 Å². The van der Waals surface area contributed by atoms with Gasteiger partial charge in [0.25, 0.3) is 0 Å². The third-order valence-corrected chi connectivity index (χ3v) is 16.8. The number of carboxylic acid groups (broad SMARTS) is 1.